The van der Waals surface area contributed by atoms with Crippen LogP contribution in [0.5, 0.6) is 0 Å². The first kappa shape index (κ1) is 19.6. The molecule has 0 atom stereocenters. The van der Waals surface area contributed by atoms with Crippen molar-refractivity contribution in [3.63, 3.8) is 0 Å². The highest BCUT2D eigenvalue weighted by Crippen LogP contribution is 2.32. The molecule has 2 aromatic heterocycles. The number of pyridine rings is 1. The van der Waals surface area contributed by atoms with Crippen LogP contribution in [0.3, 0.4) is 0 Å². The van der Waals surface area contributed by atoms with Crippen LogP contribution in [0.25, 0.3) is 10.9 Å². The Kier molecular flexibility index (Phi) is 5.40. The van der Waals surface area contributed by atoms with Gasteiger partial charge >= 0.3 is 0 Å². The number of benzene rings is 1. The summed E-state index contributed by atoms with van der Waals surface area (Å²) >= 11 is 0. The van der Waals surface area contributed by atoms with E-state index >= 15 is 0 Å². The molecule has 2 N–H and O–H groups in total. The first-order valence-corrected chi connectivity index (χ1v) is 9.45. The third-order valence-corrected chi connectivity index (χ3v) is 5.32. The summed E-state index contributed by atoms with van der Waals surface area (Å²) in [5.41, 5.74) is 1.22. The Labute approximate surface area is 165 Å². The SMILES string of the molecule is FC(F)c1ccc(C(F)(F)CN2CCC(Nc3cncc4[nH]ncc34)CC2)cc1. The van der Waals surface area contributed by atoms with E-state index in [0.29, 0.717) is 25.9 Å². The van der Waals surface area contributed by atoms with E-state index in [1.54, 1.807) is 23.5 Å². The Morgan fingerprint density at radius 2 is 1.83 bits per heavy atom. The predicted octanol–water partition coefficient (Wildman–Crippen LogP) is 4.56. The zero-order valence-corrected chi connectivity index (χ0v) is 15.6. The lowest BCUT2D eigenvalue weighted by Crippen LogP contribution is -2.43. The Balaban J connectivity index is 1.34. The number of nitrogens with one attached hydrogen (secondary N) is 2. The molecule has 3 aromatic rings. The fourth-order valence-electron chi connectivity index (χ4n) is 3.68. The number of likely N-dealkylation sites (tertiary alicyclic amines) is 1. The van der Waals surface area contributed by atoms with Gasteiger partial charge in [-0.2, -0.15) is 13.9 Å². The third kappa shape index (κ3) is 4.34. The number of piperidine rings is 1. The highest BCUT2D eigenvalue weighted by atomic mass is 19.3. The molecular weight excluding hydrogens is 386 g/mol. The van der Waals surface area contributed by atoms with Gasteiger partial charge in [-0.15, -0.1) is 0 Å². The number of hydrogen-bond acceptors (Lipinski definition) is 4. The van der Waals surface area contributed by atoms with Gasteiger partial charge < -0.3 is 5.32 Å². The largest absolute Gasteiger partial charge is 0.380 e. The van der Waals surface area contributed by atoms with Gasteiger partial charge in [-0.3, -0.25) is 15.0 Å². The first-order valence-electron chi connectivity index (χ1n) is 9.45. The fourth-order valence-corrected chi connectivity index (χ4v) is 3.68. The monoisotopic (exact) mass is 407 g/mol. The third-order valence-electron chi connectivity index (χ3n) is 5.32. The van der Waals surface area contributed by atoms with Crippen molar-refractivity contribution in [2.45, 2.75) is 31.2 Å². The minimum absolute atomic E-state index is 0.160. The first-order chi connectivity index (χ1) is 13.9. The number of aromatic amines is 1. The number of alkyl halides is 4. The predicted molar refractivity (Wildman–Crippen MR) is 102 cm³/mol. The van der Waals surface area contributed by atoms with Crippen LogP contribution in [-0.4, -0.2) is 45.8 Å². The Morgan fingerprint density at radius 3 is 2.52 bits per heavy atom. The van der Waals surface area contributed by atoms with Crippen LogP contribution in [0.15, 0.2) is 42.9 Å². The average molecular weight is 407 g/mol. The van der Waals surface area contributed by atoms with Crippen molar-refractivity contribution in [3.8, 4) is 0 Å². The van der Waals surface area contributed by atoms with Crippen LogP contribution in [0.1, 0.15) is 30.4 Å². The molecule has 5 nitrogen and oxygen atoms in total. The molecule has 0 saturated carbocycles. The van der Waals surface area contributed by atoms with Crippen LogP contribution in [0, 0.1) is 0 Å². The molecule has 9 heteroatoms. The van der Waals surface area contributed by atoms with Crippen LogP contribution in [0.4, 0.5) is 23.2 Å². The number of hydrogen-bond donors (Lipinski definition) is 2. The van der Waals surface area contributed by atoms with Gasteiger partial charge in [0.2, 0.25) is 0 Å². The lowest BCUT2D eigenvalue weighted by molar-refractivity contribution is -0.0421. The lowest BCUT2D eigenvalue weighted by atomic mass is 10.0. The normalized spacial score (nSPS) is 16.6. The molecule has 0 amide bonds. The van der Waals surface area contributed by atoms with Crippen LogP contribution in [0.2, 0.25) is 0 Å². The second-order valence-corrected chi connectivity index (χ2v) is 7.34. The summed E-state index contributed by atoms with van der Waals surface area (Å²) in [6.07, 6.45) is 3.94. The molecule has 4 rings (SSSR count). The number of H-pyrrole nitrogens is 1. The molecule has 0 radical (unpaired) electrons. The van der Waals surface area contributed by atoms with Crippen molar-refractivity contribution in [3.05, 3.63) is 54.0 Å². The zero-order valence-electron chi connectivity index (χ0n) is 15.6. The molecule has 1 saturated heterocycles. The van der Waals surface area contributed by atoms with Crippen molar-refractivity contribution in [2.75, 3.05) is 25.0 Å². The topological polar surface area (TPSA) is 56.8 Å². The van der Waals surface area contributed by atoms with Gasteiger partial charge in [0.05, 0.1) is 36.3 Å². The summed E-state index contributed by atoms with van der Waals surface area (Å²) < 4.78 is 54.4. The highest BCUT2D eigenvalue weighted by molar-refractivity contribution is 5.89. The van der Waals surface area contributed by atoms with Gasteiger partial charge in [0, 0.05) is 35.6 Å². The number of nitrogens with zero attached hydrogens (tertiary/aromatic N) is 3. The van der Waals surface area contributed by atoms with E-state index in [-0.39, 0.29) is 17.2 Å². The van der Waals surface area contributed by atoms with Crippen molar-refractivity contribution < 1.29 is 17.6 Å². The van der Waals surface area contributed by atoms with Crippen LogP contribution in [-0.2, 0) is 5.92 Å². The quantitative estimate of drug-likeness (QED) is 0.588. The molecule has 3 heterocycles. The molecular formula is C20H21F4N5. The molecule has 1 aromatic carbocycles. The van der Waals surface area contributed by atoms with Crippen LogP contribution < -0.4 is 5.32 Å². The molecule has 1 aliphatic heterocycles. The van der Waals surface area contributed by atoms with Gasteiger partial charge in [-0.25, -0.2) is 8.78 Å². The maximum atomic E-state index is 14.6. The zero-order chi connectivity index (χ0) is 20.4. The summed E-state index contributed by atoms with van der Waals surface area (Å²) in [5, 5.41) is 11.3. The summed E-state index contributed by atoms with van der Waals surface area (Å²) in [7, 11) is 0. The van der Waals surface area contributed by atoms with E-state index in [0.717, 1.165) is 40.9 Å². The Hall–Kier alpha value is -2.68. The smallest absolute Gasteiger partial charge is 0.285 e. The van der Waals surface area contributed by atoms with Gasteiger partial charge in [0.1, 0.15) is 0 Å². The van der Waals surface area contributed by atoms with Crippen molar-refractivity contribution in [1.29, 1.82) is 0 Å². The minimum Gasteiger partial charge on any atom is -0.380 e. The average Bonchev–Trinajstić information content (AvgIpc) is 3.19. The summed E-state index contributed by atoms with van der Waals surface area (Å²) in [4.78, 5) is 5.89. The van der Waals surface area contributed by atoms with Gasteiger partial charge in [0.25, 0.3) is 12.3 Å². The molecule has 0 bridgehead atoms. The van der Waals surface area contributed by atoms with Crippen molar-refractivity contribution >= 4 is 16.6 Å². The van der Waals surface area contributed by atoms with E-state index in [1.165, 1.54) is 0 Å². The lowest BCUT2D eigenvalue weighted by Gasteiger charge is -2.35. The molecule has 29 heavy (non-hydrogen) atoms. The fraction of sp³-hybridized carbons (Fsp3) is 0.400. The number of rotatable bonds is 6. The van der Waals surface area contributed by atoms with Gasteiger partial charge in [-0.1, -0.05) is 24.3 Å². The molecule has 1 aliphatic rings. The van der Waals surface area contributed by atoms with E-state index in [4.69, 9.17) is 0 Å². The van der Waals surface area contributed by atoms with E-state index < -0.39 is 18.9 Å². The number of halogens is 4. The molecule has 1 fully saturated rings. The van der Waals surface area contributed by atoms with Gasteiger partial charge in [0.15, 0.2) is 0 Å². The summed E-state index contributed by atoms with van der Waals surface area (Å²) in [5.74, 6) is -3.09. The van der Waals surface area contributed by atoms with E-state index in [1.807, 2.05) is 0 Å². The summed E-state index contributed by atoms with van der Waals surface area (Å²) in [6.45, 7) is 0.626. The maximum Gasteiger partial charge on any atom is 0.285 e. The second kappa shape index (κ2) is 7.98. The molecule has 154 valence electrons. The summed E-state index contributed by atoms with van der Waals surface area (Å²) in [6, 6.07) is 4.47. The Bertz CT molecular complexity index is 949. The van der Waals surface area contributed by atoms with Crippen molar-refractivity contribution in [2.24, 2.45) is 0 Å². The van der Waals surface area contributed by atoms with Gasteiger partial charge in [-0.05, 0) is 12.8 Å². The minimum atomic E-state index is -3.09. The van der Waals surface area contributed by atoms with Crippen LogP contribution >= 0.6 is 0 Å². The number of anilines is 1. The Morgan fingerprint density at radius 1 is 1.10 bits per heavy atom. The standard InChI is InChI=1S/C20H21F4N5/c21-19(22)13-1-3-14(4-2-13)20(23,24)12-29-7-5-15(6-8-29)27-17-10-25-11-18-16(17)9-26-28-18/h1-4,9-11,15,19,27H,5-8,12H2,(H,26,28). The maximum absolute atomic E-state index is 14.6. The van der Waals surface area contributed by atoms with Crippen molar-refractivity contribution in [1.82, 2.24) is 20.1 Å². The molecule has 0 unspecified atom stereocenters. The number of aromatic nitrogens is 3. The van der Waals surface area contributed by atoms with E-state index in [9.17, 15) is 17.6 Å². The molecule has 0 spiro atoms. The second-order valence-electron chi connectivity index (χ2n) is 7.34. The van der Waals surface area contributed by atoms with E-state index in [2.05, 4.69) is 20.5 Å². The number of fused-ring (bicyclic) bond motifs is 1. The molecule has 0 aliphatic carbocycles. The highest BCUT2D eigenvalue weighted by Gasteiger charge is 2.35.